The Hall–Kier alpha value is -2.08. The number of aromatic nitrogens is 4. The van der Waals surface area contributed by atoms with Gasteiger partial charge in [0.25, 0.3) is 5.56 Å². The third-order valence-corrected chi connectivity index (χ3v) is 4.25. The molecule has 0 bridgehead atoms. The van der Waals surface area contributed by atoms with Crippen molar-refractivity contribution in [3.05, 3.63) is 16.7 Å². The molecule has 1 unspecified atom stereocenters. The molecule has 0 spiro atoms. The lowest BCUT2D eigenvalue weighted by molar-refractivity contribution is -0.203. The number of nitrogens with two attached hydrogens (primary N) is 1. The number of hydrogen-bond acceptors (Lipinski definition) is 8. The minimum Gasteiger partial charge on any atom is -0.384 e. The van der Waals surface area contributed by atoms with E-state index < -0.39 is 35.5 Å². The van der Waals surface area contributed by atoms with Crippen LogP contribution in [0.25, 0.3) is 11.2 Å². The van der Waals surface area contributed by atoms with Gasteiger partial charge in [-0.3, -0.25) is 14.3 Å². The van der Waals surface area contributed by atoms with E-state index in [2.05, 4.69) is 15.0 Å². The number of nitrogens with one attached hydrogen (secondary N) is 1. The van der Waals surface area contributed by atoms with E-state index in [0.717, 1.165) is 10.9 Å². The van der Waals surface area contributed by atoms with Crippen LogP contribution in [0.5, 0.6) is 0 Å². The zero-order valence-corrected chi connectivity index (χ0v) is 11.2. The highest BCUT2D eigenvalue weighted by Crippen LogP contribution is 2.63. The van der Waals surface area contributed by atoms with Crippen molar-refractivity contribution in [1.82, 2.24) is 19.5 Å². The van der Waals surface area contributed by atoms with Crippen molar-refractivity contribution in [3.8, 4) is 0 Å². The molecule has 0 aromatic carbocycles. The fraction of sp³-hybridized carbons (Fsp3) is 0.545. The normalized spacial score (nSPS) is 40.1. The molecule has 3 heterocycles. The molecular weight excluding hydrogens is 301 g/mol. The molecule has 11 heteroatoms. The summed E-state index contributed by atoms with van der Waals surface area (Å²) in [6.07, 6.45) is -3.74. The number of alkyl halides is 1. The highest BCUT2D eigenvalue weighted by molar-refractivity contribution is 5.70. The quantitative estimate of drug-likeness (QED) is 0.498. The van der Waals surface area contributed by atoms with E-state index >= 15 is 0 Å². The first-order valence-electron chi connectivity index (χ1n) is 6.36. The van der Waals surface area contributed by atoms with Crippen molar-refractivity contribution in [2.24, 2.45) is 0 Å². The lowest BCUT2D eigenvalue weighted by Crippen LogP contribution is -2.33. The van der Waals surface area contributed by atoms with Crippen LogP contribution >= 0.6 is 0 Å². The third kappa shape index (κ3) is 1.26. The number of anilines is 1. The fourth-order valence-electron chi connectivity index (χ4n) is 3.02. The molecule has 2 aliphatic rings. The average molecular weight is 313 g/mol. The van der Waals surface area contributed by atoms with Crippen LogP contribution < -0.4 is 11.3 Å². The second-order valence-electron chi connectivity index (χ2n) is 5.28. The van der Waals surface area contributed by atoms with Crippen LogP contribution in [0.15, 0.2) is 11.1 Å². The van der Waals surface area contributed by atoms with Gasteiger partial charge in [0.1, 0.15) is 6.10 Å². The fourth-order valence-corrected chi connectivity index (χ4v) is 3.02. The summed E-state index contributed by atoms with van der Waals surface area (Å²) in [5.41, 5.74) is 2.65. The topological polar surface area (TPSA) is 149 Å². The van der Waals surface area contributed by atoms with Crippen LogP contribution in [-0.4, -0.2) is 60.5 Å². The van der Waals surface area contributed by atoms with Gasteiger partial charge in [-0.25, -0.2) is 9.37 Å². The first kappa shape index (κ1) is 13.6. The maximum atomic E-state index is 14.6. The van der Waals surface area contributed by atoms with Gasteiger partial charge in [-0.2, -0.15) is 4.98 Å². The van der Waals surface area contributed by atoms with E-state index in [1.165, 1.54) is 7.11 Å². The van der Waals surface area contributed by atoms with E-state index in [1.54, 1.807) is 0 Å². The Bertz CT molecular complexity index is 834. The summed E-state index contributed by atoms with van der Waals surface area (Å²) in [5.74, 6) is -2.02. The summed E-state index contributed by atoms with van der Waals surface area (Å²) < 4.78 is 26.0. The first-order valence-corrected chi connectivity index (χ1v) is 6.36. The minimum absolute atomic E-state index is 0.000423. The molecular formula is C11H12FN5O5. The number of imidazole rings is 1. The third-order valence-electron chi connectivity index (χ3n) is 4.25. The standard InChI is InChI=1S/C11H12FN5O5/c1-21-11-8(19)10(11,20)4(12)7(22-11)17-2-14-3-5(17)15-9(13)16-6(3)18/h2,4,7-8,19-20H,1H3,(H3,13,15,16,18)/t4-,7+,8?,10+,11+/m0/s1. The first-order chi connectivity index (χ1) is 10.4. The zero-order valence-electron chi connectivity index (χ0n) is 11.2. The molecule has 10 nitrogen and oxygen atoms in total. The van der Waals surface area contributed by atoms with Crippen molar-refractivity contribution in [3.63, 3.8) is 0 Å². The Morgan fingerprint density at radius 3 is 3.00 bits per heavy atom. The Balaban J connectivity index is 1.84. The highest BCUT2D eigenvalue weighted by atomic mass is 19.1. The molecule has 0 radical (unpaired) electrons. The summed E-state index contributed by atoms with van der Waals surface area (Å²) in [6.45, 7) is 0. The van der Waals surface area contributed by atoms with Crippen LogP contribution in [0, 0.1) is 0 Å². The van der Waals surface area contributed by atoms with Gasteiger partial charge in [-0.05, 0) is 0 Å². The number of rotatable bonds is 2. The number of nitrogens with zero attached hydrogens (tertiary/aromatic N) is 3. The molecule has 1 saturated heterocycles. The van der Waals surface area contributed by atoms with Crippen LogP contribution in [0.2, 0.25) is 0 Å². The molecule has 5 N–H and O–H groups in total. The summed E-state index contributed by atoms with van der Waals surface area (Å²) >= 11 is 0. The monoisotopic (exact) mass is 313 g/mol. The highest BCUT2D eigenvalue weighted by Gasteiger charge is 2.90. The lowest BCUT2D eigenvalue weighted by Gasteiger charge is -2.21. The maximum Gasteiger partial charge on any atom is 0.280 e. The predicted molar refractivity (Wildman–Crippen MR) is 68.3 cm³/mol. The maximum absolute atomic E-state index is 14.6. The van der Waals surface area contributed by atoms with Gasteiger partial charge in [0.05, 0.1) is 6.33 Å². The zero-order chi connectivity index (χ0) is 15.9. The van der Waals surface area contributed by atoms with Gasteiger partial charge in [-0.1, -0.05) is 0 Å². The van der Waals surface area contributed by atoms with Crippen molar-refractivity contribution in [2.75, 3.05) is 12.8 Å². The summed E-state index contributed by atoms with van der Waals surface area (Å²) in [6, 6.07) is 0. The number of aliphatic hydroxyl groups excluding tert-OH is 1. The number of nitrogen functional groups attached to an aromatic ring is 1. The van der Waals surface area contributed by atoms with E-state index in [0.29, 0.717) is 0 Å². The molecule has 1 aliphatic carbocycles. The number of methoxy groups -OCH3 is 1. The van der Waals surface area contributed by atoms with Crippen LogP contribution in [0.3, 0.4) is 0 Å². The number of H-pyrrole nitrogens is 1. The number of ether oxygens (including phenoxy) is 2. The minimum atomic E-state index is -2.18. The predicted octanol–water partition coefficient (Wildman–Crippen LogP) is -1.98. The lowest BCUT2D eigenvalue weighted by atomic mass is 10.2. The second-order valence-corrected chi connectivity index (χ2v) is 5.28. The molecule has 1 saturated carbocycles. The van der Waals surface area contributed by atoms with Gasteiger partial charge < -0.3 is 25.4 Å². The summed E-state index contributed by atoms with van der Waals surface area (Å²) in [7, 11) is 1.18. The number of halogens is 1. The molecule has 22 heavy (non-hydrogen) atoms. The molecule has 4 rings (SSSR count). The Morgan fingerprint density at radius 2 is 2.36 bits per heavy atom. The Kier molecular flexibility index (Phi) is 2.35. The van der Waals surface area contributed by atoms with Crippen LogP contribution in [0.1, 0.15) is 6.23 Å². The summed E-state index contributed by atoms with van der Waals surface area (Å²) in [4.78, 5) is 21.7. The van der Waals surface area contributed by atoms with Gasteiger partial charge in [0.2, 0.25) is 11.7 Å². The molecule has 1 aliphatic heterocycles. The van der Waals surface area contributed by atoms with Gasteiger partial charge >= 0.3 is 0 Å². The van der Waals surface area contributed by atoms with E-state index in [9.17, 15) is 19.4 Å². The largest absolute Gasteiger partial charge is 0.384 e. The molecule has 0 amide bonds. The summed E-state index contributed by atoms with van der Waals surface area (Å²) in [5, 5.41) is 19.9. The second kappa shape index (κ2) is 3.81. The van der Waals surface area contributed by atoms with Gasteiger partial charge in [0.15, 0.2) is 29.2 Å². The van der Waals surface area contributed by atoms with Crippen LogP contribution in [0.4, 0.5) is 10.3 Å². The van der Waals surface area contributed by atoms with Crippen molar-refractivity contribution in [2.45, 2.75) is 29.9 Å². The molecule has 2 aromatic rings. The van der Waals surface area contributed by atoms with Crippen molar-refractivity contribution in [1.29, 1.82) is 0 Å². The van der Waals surface area contributed by atoms with Crippen LogP contribution in [-0.2, 0) is 9.47 Å². The van der Waals surface area contributed by atoms with Crippen molar-refractivity contribution >= 4 is 17.1 Å². The number of fused-ring (bicyclic) bond motifs is 2. The van der Waals surface area contributed by atoms with Gasteiger partial charge in [-0.15, -0.1) is 0 Å². The average Bonchev–Trinajstić information content (AvgIpc) is 2.81. The Morgan fingerprint density at radius 1 is 1.64 bits per heavy atom. The van der Waals surface area contributed by atoms with Gasteiger partial charge in [0, 0.05) is 7.11 Å². The van der Waals surface area contributed by atoms with E-state index in [-0.39, 0.29) is 17.1 Å². The number of aromatic amines is 1. The SMILES string of the molecule is CO[C@]12O[C@@H](n3cnc4c(=O)[nH]c(N)nc43)[C@H](F)[C@@]1(O)C2O. The smallest absolute Gasteiger partial charge is 0.280 e. The molecule has 2 fully saturated rings. The van der Waals surface area contributed by atoms with E-state index in [4.69, 9.17) is 15.2 Å². The number of aliphatic hydroxyl groups is 2. The molecule has 2 aromatic heterocycles. The number of hydrogen-bond donors (Lipinski definition) is 4. The molecule has 118 valence electrons. The Labute approximate surface area is 121 Å². The van der Waals surface area contributed by atoms with Crippen molar-refractivity contribution < 1.29 is 24.1 Å². The molecule has 5 atom stereocenters. The van der Waals surface area contributed by atoms with E-state index in [1.807, 2.05) is 0 Å².